The molecule has 0 radical (unpaired) electrons. The molecule has 1 aromatic rings. The van der Waals surface area contributed by atoms with Gasteiger partial charge in [-0.1, -0.05) is 16.9 Å². The maximum absolute atomic E-state index is 11.8. The first kappa shape index (κ1) is 12.9. The number of thioether (sulfide) groups is 1. The lowest BCUT2D eigenvalue weighted by Crippen LogP contribution is -2.34. The van der Waals surface area contributed by atoms with E-state index >= 15 is 0 Å². The van der Waals surface area contributed by atoms with Crippen molar-refractivity contribution in [1.82, 2.24) is 14.9 Å². The van der Waals surface area contributed by atoms with Gasteiger partial charge in [0.1, 0.15) is 0 Å². The van der Waals surface area contributed by atoms with Gasteiger partial charge < -0.3 is 14.7 Å². The molecule has 1 amide bonds. The van der Waals surface area contributed by atoms with Crippen LogP contribution in [0.3, 0.4) is 0 Å². The first-order chi connectivity index (χ1) is 8.61. The molecule has 0 aliphatic carbocycles. The summed E-state index contributed by atoms with van der Waals surface area (Å²) in [5, 5.41) is 7.52. The van der Waals surface area contributed by atoms with E-state index in [1.165, 1.54) is 0 Å². The fourth-order valence-corrected chi connectivity index (χ4v) is 2.26. The molecule has 1 aliphatic rings. The van der Waals surface area contributed by atoms with Crippen molar-refractivity contribution in [2.45, 2.75) is 31.1 Å². The molecule has 2 heterocycles. The Morgan fingerprint density at radius 3 is 3.06 bits per heavy atom. The second kappa shape index (κ2) is 5.43. The minimum Gasteiger partial charge on any atom is -0.382 e. The molecule has 0 spiro atoms. The Hall–Kier alpha value is -1.50. The van der Waals surface area contributed by atoms with Gasteiger partial charge in [-0.25, -0.2) is 4.98 Å². The number of nitrogens with one attached hydrogen (secondary N) is 1. The van der Waals surface area contributed by atoms with E-state index in [9.17, 15) is 4.79 Å². The highest BCUT2D eigenvalue weighted by Crippen LogP contribution is 2.14. The van der Waals surface area contributed by atoms with E-state index in [2.05, 4.69) is 15.5 Å². The topological polar surface area (TPSA) is 68.5 Å². The number of rotatable bonds is 4. The zero-order valence-electron chi connectivity index (χ0n) is 10.6. The Morgan fingerprint density at radius 1 is 1.72 bits per heavy atom. The van der Waals surface area contributed by atoms with Crippen LogP contribution in [0.4, 0.5) is 0 Å². The molecule has 7 heteroatoms. The van der Waals surface area contributed by atoms with Crippen molar-refractivity contribution >= 4 is 23.4 Å². The number of hydrogen-bond donors (Lipinski definition) is 1. The van der Waals surface area contributed by atoms with E-state index in [-0.39, 0.29) is 5.91 Å². The Kier molecular flexibility index (Phi) is 3.90. The van der Waals surface area contributed by atoms with Crippen LogP contribution in [0.15, 0.2) is 16.5 Å². The van der Waals surface area contributed by atoms with Crippen LogP contribution < -0.4 is 5.32 Å². The SMILES string of the molecule is CSc1ncc(CNC(=O)C2CC(C)=NO2)n1C. The molecule has 1 aliphatic heterocycles. The molecule has 18 heavy (non-hydrogen) atoms. The van der Waals surface area contributed by atoms with Gasteiger partial charge in [0.05, 0.1) is 24.1 Å². The summed E-state index contributed by atoms with van der Waals surface area (Å²) in [6, 6.07) is 0. The predicted octanol–water partition coefficient (Wildman–Crippen LogP) is 0.923. The number of aromatic nitrogens is 2. The zero-order chi connectivity index (χ0) is 13.1. The van der Waals surface area contributed by atoms with Crippen LogP contribution in [-0.4, -0.2) is 33.5 Å². The lowest BCUT2D eigenvalue weighted by atomic mass is 10.2. The Bertz CT molecular complexity index is 483. The Labute approximate surface area is 110 Å². The fourth-order valence-electron chi connectivity index (χ4n) is 1.71. The molecule has 0 saturated heterocycles. The predicted molar refractivity (Wildman–Crippen MR) is 69.4 cm³/mol. The molecule has 1 N–H and O–H groups in total. The van der Waals surface area contributed by atoms with Crippen LogP contribution in [-0.2, 0) is 23.2 Å². The number of oxime groups is 1. The van der Waals surface area contributed by atoms with Crippen molar-refractivity contribution in [2.24, 2.45) is 12.2 Å². The number of hydrogen-bond acceptors (Lipinski definition) is 5. The third kappa shape index (κ3) is 2.66. The second-order valence-electron chi connectivity index (χ2n) is 4.14. The van der Waals surface area contributed by atoms with E-state index in [0.717, 1.165) is 16.6 Å². The van der Waals surface area contributed by atoms with Crippen molar-refractivity contribution in [3.63, 3.8) is 0 Å². The number of carbonyl (C=O) groups excluding carboxylic acids is 1. The molecule has 2 rings (SSSR count). The first-order valence-corrected chi connectivity index (χ1v) is 6.86. The van der Waals surface area contributed by atoms with Crippen LogP contribution in [0, 0.1) is 0 Å². The third-order valence-electron chi connectivity index (χ3n) is 2.78. The average molecular weight is 268 g/mol. The average Bonchev–Trinajstić information content (AvgIpc) is 2.93. The van der Waals surface area contributed by atoms with Gasteiger partial charge in [-0.15, -0.1) is 0 Å². The molecule has 0 bridgehead atoms. The second-order valence-corrected chi connectivity index (χ2v) is 4.91. The Morgan fingerprint density at radius 2 is 2.50 bits per heavy atom. The molecular formula is C11H16N4O2S. The minimum atomic E-state index is -0.488. The van der Waals surface area contributed by atoms with Gasteiger partial charge in [0.15, 0.2) is 5.16 Å². The van der Waals surface area contributed by atoms with Gasteiger partial charge in [-0.2, -0.15) is 0 Å². The molecule has 1 aromatic heterocycles. The third-order valence-corrected chi connectivity index (χ3v) is 3.52. The highest BCUT2D eigenvalue weighted by molar-refractivity contribution is 7.98. The first-order valence-electron chi connectivity index (χ1n) is 5.63. The van der Waals surface area contributed by atoms with Gasteiger partial charge in [0.25, 0.3) is 5.91 Å². The van der Waals surface area contributed by atoms with E-state index in [0.29, 0.717) is 13.0 Å². The van der Waals surface area contributed by atoms with E-state index in [1.807, 2.05) is 24.8 Å². The molecule has 0 fully saturated rings. The molecule has 6 nitrogen and oxygen atoms in total. The number of carbonyl (C=O) groups is 1. The van der Waals surface area contributed by atoms with Gasteiger partial charge in [0, 0.05) is 13.5 Å². The van der Waals surface area contributed by atoms with E-state index in [1.54, 1.807) is 18.0 Å². The quantitative estimate of drug-likeness (QED) is 0.825. The van der Waals surface area contributed by atoms with Crippen molar-refractivity contribution in [2.75, 3.05) is 6.26 Å². The standard InChI is InChI=1S/C11H16N4O2S/c1-7-4-9(17-14-7)10(16)12-5-8-6-13-11(18-3)15(8)2/h6,9H,4-5H2,1-3H3,(H,12,16). The van der Waals surface area contributed by atoms with Crippen molar-refractivity contribution in [3.8, 4) is 0 Å². The molecule has 0 aromatic carbocycles. The molecule has 1 unspecified atom stereocenters. The van der Waals surface area contributed by atoms with Crippen LogP contribution >= 0.6 is 11.8 Å². The normalized spacial score (nSPS) is 18.4. The van der Waals surface area contributed by atoms with Gasteiger partial charge in [-0.3, -0.25) is 4.79 Å². The number of imidazole rings is 1. The summed E-state index contributed by atoms with van der Waals surface area (Å²) < 4.78 is 1.96. The van der Waals surface area contributed by atoms with Crippen LogP contribution in [0.2, 0.25) is 0 Å². The highest BCUT2D eigenvalue weighted by Gasteiger charge is 2.25. The molecule has 98 valence electrons. The minimum absolute atomic E-state index is 0.137. The summed E-state index contributed by atoms with van der Waals surface area (Å²) in [4.78, 5) is 21.1. The van der Waals surface area contributed by atoms with Gasteiger partial charge in [0.2, 0.25) is 6.10 Å². The summed E-state index contributed by atoms with van der Waals surface area (Å²) in [6.45, 7) is 2.29. The molecule has 0 saturated carbocycles. The van der Waals surface area contributed by atoms with E-state index < -0.39 is 6.10 Å². The summed E-state index contributed by atoms with van der Waals surface area (Å²) in [5.41, 5.74) is 1.81. The summed E-state index contributed by atoms with van der Waals surface area (Å²) >= 11 is 1.57. The highest BCUT2D eigenvalue weighted by atomic mass is 32.2. The van der Waals surface area contributed by atoms with Gasteiger partial charge in [-0.05, 0) is 13.2 Å². The zero-order valence-corrected chi connectivity index (χ0v) is 11.5. The van der Waals surface area contributed by atoms with Crippen molar-refractivity contribution in [1.29, 1.82) is 0 Å². The van der Waals surface area contributed by atoms with Crippen molar-refractivity contribution < 1.29 is 9.63 Å². The summed E-state index contributed by atoms with van der Waals surface area (Å²) in [7, 11) is 1.93. The van der Waals surface area contributed by atoms with Crippen LogP contribution in [0.1, 0.15) is 19.0 Å². The lowest BCUT2D eigenvalue weighted by Gasteiger charge is -2.10. The molecule has 1 atom stereocenters. The van der Waals surface area contributed by atoms with E-state index in [4.69, 9.17) is 4.84 Å². The monoisotopic (exact) mass is 268 g/mol. The van der Waals surface area contributed by atoms with Crippen LogP contribution in [0.25, 0.3) is 0 Å². The van der Waals surface area contributed by atoms with Crippen molar-refractivity contribution in [3.05, 3.63) is 11.9 Å². The number of nitrogens with zero attached hydrogens (tertiary/aromatic N) is 3. The maximum atomic E-state index is 11.8. The fraction of sp³-hybridized carbons (Fsp3) is 0.545. The maximum Gasteiger partial charge on any atom is 0.264 e. The summed E-state index contributed by atoms with van der Waals surface area (Å²) in [5.74, 6) is -0.137. The van der Waals surface area contributed by atoms with Gasteiger partial charge >= 0.3 is 0 Å². The van der Waals surface area contributed by atoms with Crippen LogP contribution in [0.5, 0.6) is 0 Å². The Balaban J connectivity index is 1.88. The molecular weight excluding hydrogens is 252 g/mol. The lowest BCUT2D eigenvalue weighted by molar-refractivity contribution is -0.131. The smallest absolute Gasteiger partial charge is 0.264 e. The summed E-state index contributed by atoms with van der Waals surface area (Å²) in [6.07, 6.45) is 3.81. The largest absolute Gasteiger partial charge is 0.382 e. The number of amides is 1.